The highest BCUT2D eigenvalue weighted by atomic mass is 14.5. The Hall–Kier alpha value is -1.24. The zero-order valence-corrected chi connectivity index (χ0v) is 6.75. The fourth-order valence-corrected chi connectivity index (χ4v) is 0.936. The molecule has 0 amide bonds. The van der Waals surface area contributed by atoms with Crippen LogP contribution in [-0.2, 0) is 0 Å². The van der Waals surface area contributed by atoms with E-state index in [0.717, 1.165) is 5.69 Å². The Kier molecular flexibility index (Phi) is 2.32. The molecule has 0 spiro atoms. The number of nitrogen functional groups attached to an aromatic ring is 1. The third-order valence-electron chi connectivity index (χ3n) is 1.82. The lowest BCUT2D eigenvalue weighted by Gasteiger charge is -2.05. The van der Waals surface area contributed by atoms with Crippen LogP contribution < -0.4 is 5.73 Å². The SMILES string of the molecule is C=CC(C)c1ccc(N)cc1. The summed E-state index contributed by atoms with van der Waals surface area (Å²) in [4.78, 5) is 0. The number of nitrogens with two attached hydrogens (primary N) is 1. The standard InChI is InChI=1S/C10H13N/c1-3-8(2)9-4-6-10(11)7-5-9/h3-8H,1,11H2,2H3. The van der Waals surface area contributed by atoms with E-state index < -0.39 is 0 Å². The Morgan fingerprint density at radius 1 is 1.36 bits per heavy atom. The lowest BCUT2D eigenvalue weighted by atomic mass is 10.0. The van der Waals surface area contributed by atoms with Crippen LogP contribution in [-0.4, -0.2) is 0 Å². The van der Waals surface area contributed by atoms with Crippen LogP contribution in [0.1, 0.15) is 18.4 Å². The van der Waals surface area contributed by atoms with E-state index in [2.05, 4.69) is 13.5 Å². The average molecular weight is 147 g/mol. The summed E-state index contributed by atoms with van der Waals surface area (Å²) in [5.41, 5.74) is 7.61. The molecule has 1 aromatic carbocycles. The lowest BCUT2D eigenvalue weighted by molar-refractivity contribution is 0.972. The van der Waals surface area contributed by atoms with Crippen molar-refractivity contribution in [3.63, 3.8) is 0 Å². The second-order valence-electron chi connectivity index (χ2n) is 2.69. The molecule has 0 saturated carbocycles. The number of hydrogen-bond donors (Lipinski definition) is 1. The van der Waals surface area contributed by atoms with E-state index >= 15 is 0 Å². The van der Waals surface area contributed by atoms with Gasteiger partial charge in [0.25, 0.3) is 0 Å². The van der Waals surface area contributed by atoms with E-state index in [0.29, 0.717) is 5.92 Å². The van der Waals surface area contributed by atoms with Crippen molar-refractivity contribution in [2.45, 2.75) is 12.8 Å². The topological polar surface area (TPSA) is 26.0 Å². The van der Waals surface area contributed by atoms with Gasteiger partial charge in [-0.05, 0) is 23.6 Å². The van der Waals surface area contributed by atoms with Crippen LogP contribution in [0, 0.1) is 0 Å². The summed E-state index contributed by atoms with van der Waals surface area (Å²) in [6.07, 6.45) is 1.92. The predicted octanol–water partition coefficient (Wildman–Crippen LogP) is 2.56. The number of anilines is 1. The molecular formula is C10H13N. The van der Waals surface area contributed by atoms with Gasteiger partial charge >= 0.3 is 0 Å². The van der Waals surface area contributed by atoms with Crippen molar-refractivity contribution in [2.24, 2.45) is 0 Å². The number of benzene rings is 1. The van der Waals surface area contributed by atoms with Gasteiger partial charge in [0.05, 0.1) is 0 Å². The summed E-state index contributed by atoms with van der Waals surface area (Å²) >= 11 is 0. The van der Waals surface area contributed by atoms with E-state index in [1.165, 1.54) is 5.56 Å². The van der Waals surface area contributed by atoms with Gasteiger partial charge in [0.15, 0.2) is 0 Å². The molecule has 1 heteroatoms. The highest BCUT2D eigenvalue weighted by Crippen LogP contribution is 2.16. The van der Waals surface area contributed by atoms with Crippen molar-refractivity contribution < 1.29 is 0 Å². The Bertz CT molecular complexity index is 236. The van der Waals surface area contributed by atoms with Crippen LogP contribution in [0.25, 0.3) is 0 Å². The van der Waals surface area contributed by atoms with Gasteiger partial charge in [-0.25, -0.2) is 0 Å². The predicted molar refractivity (Wildman–Crippen MR) is 49.5 cm³/mol. The first kappa shape index (κ1) is 7.86. The number of hydrogen-bond acceptors (Lipinski definition) is 1. The van der Waals surface area contributed by atoms with E-state index in [9.17, 15) is 0 Å². The molecule has 2 N–H and O–H groups in total. The fourth-order valence-electron chi connectivity index (χ4n) is 0.936. The number of rotatable bonds is 2. The third-order valence-corrected chi connectivity index (χ3v) is 1.82. The maximum Gasteiger partial charge on any atom is 0.0314 e. The van der Waals surface area contributed by atoms with Crippen molar-refractivity contribution in [1.82, 2.24) is 0 Å². The van der Waals surface area contributed by atoms with Crippen molar-refractivity contribution in [3.05, 3.63) is 42.5 Å². The molecule has 0 aliphatic rings. The molecule has 0 aliphatic heterocycles. The minimum absolute atomic E-state index is 0.413. The van der Waals surface area contributed by atoms with Crippen LogP contribution in [0.15, 0.2) is 36.9 Å². The Morgan fingerprint density at radius 2 is 1.91 bits per heavy atom. The molecular weight excluding hydrogens is 134 g/mol. The van der Waals surface area contributed by atoms with Crippen LogP contribution in [0.5, 0.6) is 0 Å². The second-order valence-corrected chi connectivity index (χ2v) is 2.69. The van der Waals surface area contributed by atoms with Gasteiger partial charge in [-0.2, -0.15) is 0 Å². The van der Waals surface area contributed by atoms with Gasteiger partial charge < -0.3 is 5.73 Å². The largest absolute Gasteiger partial charge is 0.399 e. The monoisotopic (exact) mass is 147 g/mol. The normalized spacial score (nSPS) is 12.5. The summed E-state index contributed by atoms with van der Waals surface area (Å²) in [5, 5.41) is 0. The van der Waals surface area contributed by atoms with Crippen molar-refractivity contribution >= 4 is 5.69 Å². The summed E-state index contributed by atoms with van der Waals surface area (Å²) in [5.74, 6) is 0.413. The van der Waals surface area contributed by atoms with Crippen molar-refractivity contribution in [1.29, 1.82) is 0 Å². The molecule has 0 aromatic heterocycles. The Balaban J connectivity index is 2.89. The smallest absolute Gasteiger partial charge is 0.0314 e. The lowest BCUT2D eigenvalue weighted by Crippen LogP contribution is -1.89. The second kappa shape index (κ2) is 3.24. The Morgan fingerprint density at radius 3 is 2.36 bits per heavy atom. The van der Waals surface area contributed by atoms with E-state index in [1.54, 1.807) is 0 Å². The van der Waals surface area contributed by atoms with Gasteiger partial charge in [-0.3, -0.25) is 0 Å². The van der Waals surface area contributed by atoms with Gasteiger partial charge in [0, 0.05) is 5.69 Å². The summed E-state index contributed by atoms with van der Waals surface area (Å²) in [7, 11) is 0. The maximum absolute atomic E-state index is 5.54. The molecule has 1 atom stereocenters. The molecule has 11 heavy (non-hydrogen) atoms. The summed E-state index contributed by atoms with van der Waals surface area (Å²) in [6, 6.07) is 7.88. The van der Waals surface area contributed by atoms with E-state index in [1.807, 2.05) is 30.3 Å². The molecule has 0 heterocycles. The van der Waals surface area contributed by atoms with Crippen LogP contribution in [0.3, 0.4) is 0 Å². The van der Waals surface area contributed by atoms with Crippen LogP contribution in [0.2, 0.25) is 0 Å². The molecule has 0 radical (unpaired) electrons. The molecule has 0 bridgehead atoms. The fraction of sp³-hybridized carbons (Fsp3) is 0.200. The van der Waals surface area contributed by atoms with Gasteiger partial charge in [0.2, 0.25) is 0 Å². The van der Waals surface area contributed by atoms with Crippen LogP contribution >= 0.6 is 0 Å². The average Bonchev–Trinajstić information content (AvgIpc) is 2.05. The van der Waals surface area contributed by atoms with Crippen molar-refractivity contribution in [3.8, 4) is 0 Å². The maximum atomic E-state index is 5.54. The van der Waals surface area contributed by atoms with Gasteiger partial charge in [0.1, 0.15) is 0 Å². The summed E-state index contributed by atoms with van der Waals surface area (Å²) in [6.45, 7) is 5.84. The zero-order valence-electron chi connectivity index (χ0n) is 6.75. The van der Waals surface area contributed by atoms with Gasteiger partial charge in [-0.1, -0.05) is 25.1 Å². The first-order valence-corrected chi connectivity index (χ1v) is 3.72. The molecule has 58 valence electrons. The van der Waals surface area contributed by atoms with E-state index in [4.69, 9.17) is 5.73 Å². The first-order valence-electron chi connectivity index (χ1n) is 3.72. The minimum atomic E-state index is 0.413. The molecule has 1 unspecified atom stereocenters. The zero-order chi connectivity index (χ0) is 8.27. The Labute approximate surface area is 67.5 Å². The molecule has 1 aromatic rings. The van der Waals surface area contributed by atoms with Crippen molar-refractivity contribution in [2.75, 3.05) is 5.73 Å². The molecule has 1 rings (SSSR count). The highest BCUT2D eigenvalue weighted by molar-refractivity contribution is 5.40. The van der Waals surface area contributed by atoms with Crippen LogP contribution in [0.4, 0.5) is 5.69 Å². The number of allylic oxidation sites excluding steroid dienone is 1. The van der Waals surface area contributed by atoms with E-state index in [-0.39, 0.29) is 0 Å². The summed E-state index contributed by atoms with van der Waals surface area (Å²) < 4.78 is 0. The third kappa shape index (κ3) is 1.84. The molecule has 1 nitrogen and oxygen atoms in total. The quantitative estimate of drug-likeness (QED) is 0.505. The molecule has 0 saturated heterocycles. The van der Waals surface area contributed by atoms with Gasteiger partial charge in [-0.15, -0.1) is 6.58 Å². The highest BCUT2D eigenvalue weighted by Gasteiger charge is 1.97. The minimum Gasteiger partial charge on any atom is -0.399 e. The molecule has 0 aliphatic carbocycles. The first-order chi connectivity index (χ1) is 5.24. The molecule has 0 fully saturated rings.